The average molecular weight is 636 g/mol. The molecule has 6 rings (SSSR count). The third-order valence-electron chi connectivity index (χ3n) is 5.47. The van der Waals surface area contributed by atoms with Crippen LogP contribution in [0.3, 0.4) is 0 Å². The number of hydrogen-bond acceptors (Lipinski definition) is 3. The van der Waals surface area contributed by atoms with Crippen molar-refractivity contribution in [2.24, 2.45) is 0 Å². The minimum atomic E-state index is -4.64. The molecular formula is C33H35NO8P2. The summed E-state index contributed by atoms with van der Waals surface area (Å²) >= 11 is 0. The van der Waals surface area contributed by atoms with Gasteiger partial charge in [-0.2, -0.15) is 0 Å². The molecule has 9 nitrogen and oxygen atoms in total. The van der Waals surface area contributed by atoms with Crippen LogP contribution >= 0.6 is 15.6 Å². The zero-order valence-corrected chi connectivity index (χ0v) is 25.4. The summed E-state index contributed by atoms with van der Waals surface area (Å²) in [6, 6.07) is 49.9. The molecule has 5 aromatic rings. The van der Waals surface area contributed by atoms with E-state index in [1.165, 1.54) is 33.5 Å². The number of para-hydroxylation sites is 1. The van der Waals surface area contributed by atoms with Crippen molar-refractivity contribution < 1.29 is 38.5 Å². The minimum Gasteiger partial charge on any atom is -0.362 e. The van der Waals surface area contributed by atoms with Gasteiger partial charge in [-0.25, -0.2) is 9.13 Å². The first-order chi connectivity index (χ1) is 20.9. The van der Waals surface area contributed by atoms with Gasteiger partial charge in [-0.15, -0.1) is 0 Å². The first kappa shape index (κ1) is 36.1. The molecule has 5 aromatic carbocycles. The highest BCUT2D eigenvalue weighted by atomic mass is 31.2. The van der Waals surface area contributed by atoms with Crippen molar-refractivity contribution in [2.75, 3.05) is 5.32 Å². The van der Waals surface area contributed by atoms with Gasteiger partial charge in [-0.3, -0.25) is 0 Å². The smallest absolute Gasteiger partial charge is 0.362 e. The van der Waals surface area contributed by atoms with E-state index in [1.54, 1.807) is 0 Å². The third-order valence-corrected chi connectivity index (χ3v) is 5.47. The summed E-state index contributed by atoms with van der Waals surface area (Å²) in [5.41, 5.74) is 7.72. The molecule has 0 aliphatic carbocycles. The lowest BCUT2D eigenvalue weighted by Gasteiger charge is -2.10. The van der Waals surface area contributed by atoms with Crippen LogP contribution < -0.4 is 5.32 Å². The Hall–Kier alpha value is -4.14. The fourth-order valence-corrected chi connectivity index (χ4v) is 3.70. The third kappa shape index (κ3) is 17.7. The van der Waals surface area contributed by atoms with Gasteiger partial charge in [0, 0.05) is 5.69 Å². The molecule has 0 saturated heterocycles. The summed E-state index contributed by atoms with van der Waals surface area (Å²) in [7, 11) is -9.28. The predicted molar refractivity (Wildman–Crippen MR) is 175 cm³/mol. The van der Waals surface area contributed by atoms with Gasteiger partial charge >= 0.3 is 15.6 Å². The Kier molecular flexibility index (Phi) is 15.7. The molecule has 0 saturated carbocycles. The van der Waals surface area contributed by atoms with Crippen LogP contribution in [0.2, 0.25) is 0 Å². The molecule has 1 heterocycles. The van der Waals surface area contributed by atoms with E-state index in [-0.39, 0.29) is 0 Å². The zero-order chi connectivity index (χ0) is 32.3. The van der Waals surface area contributed by atoms with Crippen molar-refractivity contribution in [1.82, 2.24) is 0 Å². The van der Waals surface area contributed by atoms with E-state index < -0.39 is 15.6 Å². The second-order valence-electron chi connectivity index (χ2n) is 8.90. The molecule has 0 aromatic heterocycles. The van der Waals surface area contributed by atoms with Gasteiger partial charge in [-0.05, 0) is 46.5 Å². The first-order valence-corrected chi connectivity index (χ1v) is 16.3. The van der Waals surface area contributed by atoms with E-state index in [9.17, 15) is 0 Å². The van der Waals surface area contributed by atoms with Crippen LogP contribution in [0.25, 0.3) is 22.3 Å². The largest absolute Gasteiger partial charge is 0.466 e. The number of allylic oxidation sites excluding steroid dienone is 1. The number of anilines is 1. The molecule has 0 spiro atoms. The van der Waals surface area contributed by atoms with Crippen LogP contribution in [0.1, 0.15) is 5.56 Å². The lowest BCUT2D eigenvalue weighted by molar-refractivity contribution is 0.272. The summed E-state index contributed by atoms with van der Waals surface area (Å²) in [4.78, 5) is 43.1. The Morgan fingerprint density at radius 1 is 0.432 bits per heavy atom. The second kappa shape index (κ2) is 19.2. The van der Waals surface area contributed by atoms with Crippen molar-refractivity contribution in [1.29, 1.82) is 0 Å². The van der Waals surface area contributed by atoms with Gasteiger partial charge in [0.05, 0.1) is 0 Å². The second-order valence-corrected chi connectivity index (χ2v) is 11.0. The maximum atomic E-state index is 8.88. The van der Waals surface area contributed by atoms with Gasteiger partial charge in [0.2, 0.25) is 0 Å². The number of hydrogen-bond donors (Lipinski definition) is 7. The van der Waals surface area contributed by atoms with E-state index in [2.05, 4.69) is 127 Å². The highest BCUT2D eigenvalue weighted by Crippen LogP contribution is 2.26. The quantitative estimate of drug-likeness (QED) is 0.101. The van der Waals surface area contributed by atoms with Crippen LogP contribution in [0.5, 0.6) is 0 Å². The summed E-state index contributed by atoms with van der Waals surface area (Å²) in [6.45, 7) is 0. The van der Waals surface area contributed by atoms with Crippen LogP contribution in [0.4, 0.5) is 5.69 Å². The molecular weight excluding hydrogens is 600 g/mol. The predicted octanol–water partition coefficient (Wildman–Crippen LogP) is 7.02. The Morgan fingerprint density at radius 3 is 1.00 bits per heavy atom. The summed E-state index contributed by atoms with van der Waals surface area (Å²) < 4.78 is 17.8. The van der Waals surface area contributed by atoms with Crippen LogP contribution in [-0.4, -0.2) is 29.4 Å². The topological polar surface area (TPSA) is 168 Å². The first-order valence-electron chi connectivity index (χ1n) is 13.2. The minimum absolute atomic E-state index is 1.06. The van der Waals surface area contributed by atoms with Crippen molar-refractivity contribution in [2.45, 2.75) is 6.42 Å². The Balaban J connectivity index is 0.000000201. The molecule has 0 amide bonds. The fourth-order valence-electron chi connectivity index (χ4n) is 3.70. The molecule has 11 heteroatoms. The Labute approximate surface area is 256 Å². The number of nitrogens with one attached hydrogen (secondary N) is 1. The number of rotatable bonds is 2. The highest BCUT2D eigenvalue weighted by molar-refractivity contribution is 7.45. The molecule has 0 radical (unpaired) electrons. The molecule has 44 heavy (non-hydrogen) atoms. The Bertz CT molecular complexity index is 1400. The van der Waals surface area contributed by atoms with Gasteiger partial charge in [-0.1, -0.05) is 146 Å². The van der Waals surface area contributed by atoms with Crippen LogP contribution in [0.15, 0.2) is 158 Å². The maximum Gasteiger partial charge on any atom is 0.466 e. The van der Waals surface area contributed by atoms with Crippen molar-refractivity contribution in [3.63, 3.8) is 0 Å². The van der Waals surface area contributed by atoms with Crippen molar-refractivity contribution >= 4 is 21.3 Å². The number of phosphoric acid groups is 2. The molecule has 1 aliphatic heterocycles. The van der Waals surface area contributed by atoms with Gasteiger partial charge in [0.25, 0.3) is 0 Å². The summed E-state index contributed by atoms with van der Waals surface area (Å²) in [6.07, 6.45) is 5.17. The zero-order valence-electron chi connectivity index (χ0n) is 23.6. The Morgan fingerprint density at radius 2 is 0.705 bits per heavy atom. The maximum absolute atomic E-state index is 8.88. The summed E-state index contributed by atoms with van der Waals surface area (Å²) in [5, 5.41) is 3.18. The molecule has 0 atom stereocenters. The van der Waals surface area contributed by atoms with E-state index >= 15 is 0 Å². The van der Waals surface area contributed by atoms with Crippen LogP contribution in [-0.2, 0) is 15.6 Å². The van der Waals surface area contributed by atoms with E-state index in [1.807, 2.05) is 36.5 Å². The van der Waals surface area contributed by atoms with E-state index in [0.717, 1.165) is 6.42 Å². The molecule has 0 bridgehead atoms. The van der Waals surface area contributed by atoms with Crippen molar-refractivity contribution in [3.8, 4) is 22.3 Å². The molecule has 7 N–H and O–H groups in total. The molecule has 1 aliphatic rings. The van der Waals surface area contributed by atoms with Gasteiger partial charge < -0.3 is 34.7 Å². The monoisotopic (exact) mass is 635 g/mol. The normalized spacial score (nSPS) is 11.1. The lowest BCUT2D eigenvalue weighted by Crippen LogP contribution is -1.98. The van der Waals surface area contributed by atoms with E-state index in [0.29, 0.717) is 0 Å². The molecule has 0 fully saturated rings. The fraction of sp³-hybridized carbons (Fsp3) is 0.0303. The standard InChI is InChI=1S/2C12H10.C9H9N.2H3O4P/c2*1-3-7-11(8-4-1)12-9-5-2-6-10-12;1-2-6-9-8(4-1)5-3-7-10-9;2*1-5(2,3)4/h2*1-10H;1-4,6-7,10H,5H2;2*(H3,1,2,3,4). The molecule has 0 unspecified atom stereocenters. The van der Waals surface area contributed by atoms with E-state index in [4.69, 9.17) is 38.5 Å². The van der Waals surface area contributed by atoms with Gasteiger partial charge in [0.15, 0.2) is 0 Å². The SMILES string of the molecule is C1=CNc2ccccc2C1.O=P(O)(O)O.O=P(O)(O)O.c1ccc(-c2ccccc2)cc1.c1ccc(-c2ccccc2)cc1. The number of fused-ring (bicyclic) bond motifs is 1. The average Bonchev–Trinajstić information content (AvgIpc) is 3.02. The lowest BCUT2D eigenvalue weighted by atomic mass is 10.1. The van der Waals surface area contributed by atoms with Gasteiger partial charge in [0.1, 0.15) is 0 Å². The molecule has 230 valence electrons. The number of benzene rings is 5. The highest BCUT2D eigenvalue weighted by Gasteiger charge is 2.01. The van der Waals surface area contributed by atoms with Crippen molar-refractivity contribution in [3.05, 3.63) is 163 Å². The van der Waals surface area contributed by atoms with Crippen LogP contribution in [0, 0.1) is 0 Å². The summed E-state index contributed by atoms with van der Waals surface area (Å²) in [5.74, 6) is 0.